The maximum atomic E-state index is 12.8. The van der Waals surface area contributed by atoms with Crippen molar-refractivity contribution in [2.45, 2.75) is 302 Å². The zero-order valence-electron chi connectivity index (χ0n) is 56.9. The van der Waals surface area contributed by atoms with Gasteiger partial charge in [-0.3, -0.25) is 18.6 Å². The van der Waals surface area contributed by atoms with Crippen LogP contribution in [0.1, 0.15) is 296 Å². The lowest BCUT2D eigenvalue weighted by Crippen LogP contribution is -2.29. The molecule has 506 valence electrons. The van der Waals surface area contributed by atoms with Crippen molar-refractivity contribution in [1.29, 1.82) is 0 Å². The number of unbranched alkanes of at least 4 members (excludes halogenated alkanes) is 27. The first-order chi connectivity index (χ1) is 43.8. The molecule has 0 heterocycles. The van der Waals surface area contributed by atoms with Gasteiger partial charge in [-0.25, -0.2) is 4.57 Å². The summed E-state index contributed by atoms with van der Waals surface area (Å²) in [6.45, 7) is 3.52. The van der Waals surface area contributed by atoms with Crippen LogP contribution >= 0.6 is 7.82 Å². The van der Waals surface area contributed by atoms with Crippen LogP contribution in [0.25, 0.3) is 0 Å². The van der Waals surface area contributed by atoms with Gasteiger partial charge in [-0.15, -0.1) is 0 Å². The molecule has 0 spiro atoms. The zero-order chi connectivity index (χ0) is 64.4. The van der Waals surface area contributed by atoms with E-state index >= 15 is 0 Å². The Bertz CT molecular complexity index is 2020. The number of nitrogens with two attached hydrogens (primary N) is 1. The van der Waals surface area contributed by atoms with Crippen LogP contribution in [0.5, 0.6) is 0 Å². The van der Waals surface area contributed by atoms with E-state index in [0.717, 1.165) is 128 Å². The summed E-state index contributed by atoms with van der Waals surface area (Å²) in [5.74, 6) is -0.833. The van der Waals surface area contributed by atoms with Crippen LogP contribution in [-0.2, 0) is 32.7 Å². The highest BCUT2D eigenvalue weighted by molar-refractivity contribution is 7.47. The highest BCUT2D eigenvalue weighted by Crippen LogP contribution is 2.43. The van der Waals surface area contributed by atoms with Gasteiger partial charge in [-0.1, -0.05) is 320 Å². The molecule has 0 fully saturated rings. The molecule has 2 atom stereocenters. The third-order valence-corrected chi connectivity index (χ3v) is 15.9. The van der Waals surface area contributed by atoms with Gasteiger partial charge >= 0.3 is 19.8 Å². The van der Waals surface area contributed by atoms with Crippen LogP contribution in [0, 0.1) is 0 Å². The smallest absolute Gasteiger partial charge is 0.462 e. The van der Waals surface area contributed by atoms with Gasteiger partial charge in [0.2, 0.25) is 0 Å². The van der Waals surface area contributed by atoms with Crippen LogP contribution in [0.2, 0.25) is 0 Å². The normalized spacial score (nSPS) is 13.9. The maximum absolute atomic E-state index is 12.8. The van der Waals surface area contributed by atoms with Crippen molar-refractivity contribution < 1.29 is 37.6 Å². The van der Waals surface area contributed by atoms with E-state index in [1.165, 1.54) is 135 Å². The third-order valence-electron chi connectivity index (χ3n) is 14.9. The molecule has 0 aromatic rings. The van der Waals surface area contributed by atoms with Crippen LogP contribution in [-0.4, -0.2) is 49.3 Å². The van der Waals surface area contributed by atoms with Gasteiger partial charge in [0.1, 0.15) is 6.61 Å². The number of phosphoric ester groups is 1. The topological polar surface area (TPSA) is 134 Å². The van der Waals surface area contributed by atoms with Crippen molar-refractivity contribution in [1.82, 2.24) is 0 Å². The molecular weight excluding hydrogens is 1120 g/mol. The Morgan fingerprint density at radius 2 is 0.584 bits per heavy atom. The Kier molecular flexibility index (Phi) is 69.1. The molecule has 3 N–H and O–H groups in total. The van der Waals surface area contributed by atoms with E-state index in [2.05, 4.69) is 172 Å². The predicted molar refractivity (Wildman–Crippen MR) is 385 cm³/mol. The first kappa shape index (κ1) is 84.6. The number of hydrogen-bond donors (Lipinski definition) is 2. The largest absolute Gasteiger partial charge is 0.472 e. The third kappa shape index (κ3) is 72.6. The van der Waals surface area contributed by atoms with Crippen molar-refractivity contribution in [3.8, 4) is 0 Å². The summed E-state index contributed by atoms with van der Waals surface area (Å²) in [4.78, 5) is 35.4. The summed E-state index contributed by atoms with van der Waals surface area (Å²) in [5.41, 5.74) is 5.41. The molecule has 2 unspecified atom stereocenters. The van der Waals surface area contributed by atoms with Crippen LogP contribution in [0.15, 0.2) is 158 Å². The SMILES string of the molecule is CC/C=C\C/C=C\C/C=C\C/C=C\C/C=C\C/C=C\C/C=C\C/C=C\CCCCCCCCCCCCC(=O)OC(COC(=O)CCCCCCCCCCCCCCCCCCC/C=C\C/C=C\C/C=C\C/C=C\C/C=C\CC)COP(=O)(O)OCCN. The molecule has 0 radical (unpaired) electrons. The quantitative estimate of drug-likeness (QED) is 0.0264. The van der Waals surface area contributed by atoms with E-state index < -0.39 is 26.5 Å². The predicted octanol–water partition coefficient (Wildman–Crippen LogP) is 24.0. The Morgan fingerprint density at radius 1 is 0.337 bits per heavy atom. The second-order valence-electron chi connectivity index (χ2n) is 23.3. The lowest BCUT2D eigenvalue weighted by molar-refractivity contribution is -0.161. The van der Waals surface area contributed by atoms with Gasteiger partial charge in [0.15, 0.2) is 6.10 Å². The molecule has 89 heavy (non-hydrogen) atoms. The summed E-state index contributed by atoms with van der Waals surface area (Å²) in [5, 5.41) is 0. The monoisotopic (exact) mass is 1250 g/mol. The number of esters is 2. The Labute approximate surface area is 547 Å². The molecule has 0 aliphatic rings. The number of phosphoric acid groups is 1. The molecule has 0 aromatic heterocycles. The molecule has 0 rings (SSSR count). The van der Waals surface area contributed by atoms with E-state index in [-0.39, 0.29) is 38.6 Å². The fourth-order valence-corrected chi connectivity index (χ4v) is 10.4. The molecule has 0 aromatic carbocycles. The maximum Gasteiger partial charge on any atom is 0.472 e. The van der Waals surface area contributed by atoms with E-state index in [1.54, 1.807) is 0 Å². The van der Waals surface area contributed by atoms with Crippen LogP contribution < -0.4 is 5.73 Å². The summed E-state index contributed by atoms with van der Waals surface area (Å²) in [7, 11) is -4.41. The molecule has 0 bridgehead atoms. The number of ether oxygens (including phenoxy) is 2. The van der Waals surface area contributed by atoms with Crippen LogP contribution in [0.3, 0.4) is 0 Å². The van der Waals surface area contributed by atoms with Gasteiger partial charge in [-0.05, 0) is 122 Å². The average Bonchev–Trinajstić information content (AvgIpc) is 3.66. The van der Waals surface area contributed by atoms with Gasteiger partial charge in [0, 0.05) is 19.4 Å². The Balaban J connectivity index is 3.92. The minimum absolute atomic E-state index is 0.0466. The van der Waals surface area contributed by atoms with Crippen molar-refractivity contribution in [2.24, 2.45) is 5.73 Å². The van der Waals surface area contributed by atoms with E-state index in [4.69, 9.17) is 24.3 Å². The van der Waals surface area contributed by atoms with Gasteiger partial charge in [0.05, 0.1) is 13.2 Å². The molecule has 0 saturated carbocycles. The van der Waals surface area contributed by atoms with Crippen molar-refractivity contribution in [3.05, 3.63) is 158 Å². The molecule has 0 saturated heterocycles. The first-order valence-electron chi connectivity index (χ1n) is 36.0. The minimum atomic E-state index is -4.41. The molecule has 10 heteroatoms. The summed E-state index contributed by atoms with van der Waals surface area (Å²) >= 11 is 0. The molecule has 0 aliphatic carbocycles. The molecular formula is C79H132NO8P. The van der Waals surface area contributed by atoms with Gasteiger partial charge in [-0.2, -0.15) is 0 Å². The molecule has 0 amide bonds. The van der Waals surface area contributed by atoms with Crippen molar-refractivity contribution in [2.75, 3.05) is 26.4 Å². The molecule has 9 nitrogen and oxygen atoms in total. The highest BCUT2D eigenvalue weighted by Gasteiger charge is 2.26. The summed E-state index contributed by atoms with van der Waals surface area (Å²) in [6.07, 6.45) is 106. The summed E-state index contributed by atoms with van der Waals surface area (Å²) < 4.78 is 33.2. The Morgan fingerprint density at radius 3 is 0.865 bits per heavy atom. The lowest BCUT2D eigenvalue weighted by atomic mass is 10.0. The number of carbonyl (C=O) groups is 2. The fourth-order valence-electron chi connectivity index (χ4n) is 9.68. The minimum Gasteiger partial charge on any atom is -0.462 e. The van der Waals surface area contributed by atoms with E-state index in [0.29, 0.717) is 6.42 Å². The average molecular weight is 1250 g/mol. The standard InChI is InChI=1S/C79H132NO8P/c1-3-5-7-9-11-13-15-17-19-21-23-25-27-29-31-33-35-37-38-40-42-44-46-48-50-52-54-56-58-60-62-64-66-68-70-72-79(82)88-77(76-87-89(83,84)86-74-73-80)75-85-78(81)71-69-67-65-63-61-59-57-55-53-51-49-47-45-43-41-39-36-34-32-30-28-26-24-22-20-18-16-14-12-10-8-6-4-2/h5-8,11-14,17-20,23-26,29-32,35,37,40,42,46,48,77H,3-4,9-10,15-16,21-22,27-28,33-34,36,38-39,41,43-45,47,49-76,80H2,1-2H3,(H,83,84)/b7-5-,8-6-,13-11-,14-12-,19-17-,20-18-,25-23-,26-24-,31-29-,32-30-,37-35-,42-40-,48-46-. The number of carbonyl (C=O) groups excluding carboxylic acids is 2. The second kappa shape index (κ2) is 72.7. The van der Waals surface area contributed by atoms with Crippen molar-refractivity contribution >= 4 is 19.8 Å². The fraction of sp³-hybridized carbons (Fsp3) is 0.646. The zero-order valence-corrected chi connectivity index (χ0v) is 57.8. The van der Waals surface area contributed by atoms with E-state index in [9.17, 15) is 19.0 Å². The lowest BCUT2D eigenvalue weighted by Gasteiger charge is -2.19. The summed E-state index contributed by atoms with van der Waals surface area (Å²) in [6, 6.07) is 0. The van der Waals surface area contributed by atoms with Crippen LogP contribution in [0.4, 0.5) is 0 Å². The Hall–Kier alpha value is -4.37. The number of allylic oxidation sites excluding steroid dienone is 26. The number of rotatable bonds is 66. The van der Waals surface area contributed by atoms with E-state index in [1.807, 2.05) is 0 Å². The van der Waals surface area contributed by atoms with Gasteiger partial charge in [0.25, 0.3) is 0 Å². The second-order valence-corrected chi connectivity index (χ2v) is 24.8. The highest BCUT2D eigenvalue weighted by atomic mass is 31.2. The van der Waals surface area contributed by atoms with Gasteiger partial charge < -0.3 is 20.1 Å². The van der Waals surface area contributed by atoms with Crippen molar-refractivity contribution in [3.63, 3.8) is 0 Å². The molecule has 0 aliphatic heterocycles. The number of hydrogen-bond acceptors (Lipinski definition) is 8. The first-order valence-corrected chi connectivity index (χ1v) is 37.5.